The van der Waals surface area contributed by atoms with Crippen molar-refractivity contribution in [1.29, 1.82) is 0 Å². The predicted molar refractivity (Wildman–Crippen MR) is 147 cm³/mol. The van der Waals surface area contributed by atoms with Gasteiger partial charge in [0.1, 0.15) is 16.2 Å². The SMILES string of the molecule is Nc1nc2nc(SCc3cccc(Oc4ccccc4)c3)nc(Nc3ccccc3CCCO)c2s1. The largest absolute Gasteiger partial charge is 0.457 e. The average Bonchev–Trinajstić information content (AvgIpc) is 3.28. The monoisotopic (exact) mass is 515 g/mol. The summed E-state index contributed by atoms with van der Waals surface area (Å²) in [5, 5.41) is 13.8. The van der Waals surface area contributed by atoms with Crippen molar-refractivity contribution in [3.63, 3.8) is 0 Å². The zero-order valence-electron chi connectivity index (χ0n) is 19.4. The summed E-state index contributed by atoms with van der Waals surface area (Å²) in [6.07, 6.45) is 1.46. The van der Waals surface area contributed by atoms with Crippen LogP contribution in [0.3, 0.4) is 0 Å². The van der Waals surface area contributed by atoms with Crippen molar-refractivity contribution in [1.82, 2.24) is 15.0 Å². The fourth-order valence-electron chi connectivity index (χ4n) is 3.70. The number of nitrogens with two attached hydrogens (primary N) is 1. The first-order chi connectivity index (χ1) is 17.7. The van der Waals surface area contributed by atoms with Crippen molar-refractivity contribution in [2.24, 2.45) is 0 Å². The van der Waals surface area contributed by atoms with Gasteiger partial charge in [0.2, 0.25) is 0 Å². The molecule has 2 aromatic heterocycles. The molecular weight excluding hydrogens is 490 g/mol. The summed E-state index contributed by atoms with van der Waals surface area (Å²) in [6, 6.07) is 25.8. The summed E-state index contributed by atoms with van der Waals surface area (Å²) in [5.41, 5.74) is 9.73. The van der Waals surface area contributed by atoms with Gasteiger partial charge in [0.05, 0.1) is 0 Å². The maximum atomic E-state index is 9.26. The first kappa shape index (κ1) is 24.1. The van der Waals surface area contributed by atoms with Crippen molar-refractivity contribution in [2.45, 2.75) is 23.8 Å². The number of nitrogen functional groups attached to an aromatic ring is 1. The predicted octanol–water partition coefficient (Wildman–Crippen LogP) is 6.42. The van der Waals surface area contributed by atoms with E-state index in [0.717, 1.165) is 39.4 Å². The highest BCUT2D eigenvalue weighted by Gasteiger charge is 2.15. The standard InChI is InChI=1S/C27H25N5O2S2/c28-26-30-25-23(36-26)24(29-22-14-5-4-9-19(22)10-7-15-33)31-27(32-25)35-17-18-8-6-13-21(16-18)34-20-11-2-1-3-12-20/h1-6,8-9,11-14,16,33H,7,10,15,17H2,(H3,28,29,30,31,32). The number of aromatic nitrogens is 3. The lowest BCUT2D eigenvalue weighted by Gasteiger charge is -2.12. The molecule has 3 aromatic carbocycles. The normalized spacial score (nSPS) is 11.0. The number of aliphatic hydroxyl groups is 1. The molecule has 0 unspecified atom stereocenters. The van der Waals surface area contributed by atoms with Crippen LogP contribution in [0.1, 0.15) is 17.5 Å². The molecule has 5 aromatic rings. The molecule has 0 radical (unpaired) electrons. The third kappa shape index (κ3) is 5.93. The van der Waals surface area contributed by atoms with Gasteiger partial charge in [0.15, 0.2) is 21.8 Å². The fraction of sp³-hybridized carbons (Fsp3) is 0.148. The zero-order chi connectivity index (χ0) is 24.7. The Kier molecular flexibility index (Phi) is 7.61. The summed E-state index contributed by atoms with van der Waals surface area (Å²) >= 11 is 2.89. The molecule has 0 saturated carbocycles. The van der Waals surface area contributed by atoms with Crippen LogP contribution in [0.15, 0.2) is 84.0 Å². The Labute approximate surface area is 217 Å². The van der Waals surface area contributed by atoms with Crippen LogP contribution in [0.2, 0.25) is 0 Å². The van der Waals surface area contributed by atoms with Gasteiger partial charge in [-0.05, 0) is 54.3 Å². The maximum Gasteiger partial charge on any atom is 0.191 e. The third-order valence-electron chi connectivity index (χ3n) is 5.37. The van der Waals surface area contributed by atoms with Crippen molar-refractivity contribution in [3.05, 3.63) is 90.0 Å². The first-order valence-corrected chi connectivity index (χ1v) is 13.3. The molecule has 4 N–H and O–H groups in total. The van der Waals surface area contributed by atoms with Crippen molar-refractivity contribution in [2.75, 3.05) is 17.7 Å². The number of nitrogens with zero attached hydrogens (tertiary/aromatic N) is 3. The highest BCUT2D eigenvalue weighted by molar-refractivity contribution is 7.98. The molecule has 0 aliphatic carbocycles. The minimum Gasteiger partial charge on any atom is -0.457 e. The number of anilines is 3. The number of para-hydroxylation sites is 2. The summed E-state index contributed by atoms with van der Waals surface area (Å²) in [4.78, 5) is 13.9. The fourth-order valence-corrected chi connectivity index (χ4v) is 5.20. The summed E-state index contributed by atoms with van der Waals surface area (Å²) in [5.74, 6) is 2.93. The molecule has 0 bridgehead atoms. The molecule has 7 nitrogen and oxygen atoms in total. The van der Waals surface area contributed by atoms with E-state index in [1.165, 1.54) is 23.1 Å². The van der Waals surface area contributed by atoms with Gasteiger partial charge in [0, 0.05) is 18.0 Å². The van der Waals surface area contributed by atoms with Crippen LogP contribution < -0.4 is 15.8 Å². The molecule has 0 fully saturated rings. The molecular formula is C27H25N5O2S2. The van der Waals surface area contributed by atoms with E-state index in [1.54, 1.807) is 0 Å². The van der Waals surface area contributed by atoms with Crippen LogP contribution in [0.4, 0.5) is 16.6 Å². The van der Waals surface area contributed by atoms with Crippen LogP contribution in [0.5, 0.6) is 11.5 Å². The molecule has 5 rings (SSSR count). The van der Waals surface area contributed by atoms with E-state index in [9.17, 15) is 5.11 Å². The van der Waals surface area contributed by atoms with E-state index in [0.29, 0.717) is 33.9 Å². The van der Waals surface area contributed by atoms with Crippen molar-refractivity contribution >= 4 is 50.1 Å². The van der Waals surface area contributed by atoms with Crippen molar-refractivity contribution < 1.29 is 9.84 Å². The highest BCUT2D eigenvalue weighted by Crippen LogP contribution is 2.34. The molecule has 0 saturated heterocycles. The number of nitrogens with one attached hydrogen (secondary N) is 1. The minimum absolute atomic E-state index is 0.149. The van der Waals surface area contributed by atoms with E-state index in [2.05, 4.69) is 27.4 Å². The van der Waals surface area contributed by atoms with Crippen LogP contribution in [0, 0.1) is 0 Å². The second-order valence-corrected chi connectivity index (χ2v) is 9.99. The Hall–Kier alpha value is -3.66. The molecule has 0 atom stereocenters. The minimum atomic E-state index is 0.149. The third-order valence-corrected chi connectivity index (χ3v) is 7.17. The Morgan fingerprint density at radius 1 is 0.917 bits per heavy atom. The number of rotatable bonds is 10. The maximum absolute atomic E-state index is 9.26. The molecule has 0 aliphatic heterocycles. The van der Waals surface area contributed by atoms with Gasteiger partial charge in [-0.2, -0.15) is 0 Å². The number of ether oxygens (including phenoxy) is 1. The average molecular weight is 516 g/mol. The van der Waals surface area contributed by atoms with Gasteiger partial charge in [-0.25, -0.2) is 15.0 Å². The lowest BCUT2D eigenvalue weighted by molar-refractivity contribution is 0.288. The second-order valence-electron chi connectivity index (χ2n) is 8.02. The van der Waals surface area contributed by atoms with Crippen LogP contribution in [-0.4, -0.2) is 26.7 Å². The topological polar surface area (TPSA) is 106 Å². The van der Waals surface area contributed by atoms with E-state index < -0.39 is 0 Å². The molecule has 0 spiro atoms. The summed E-state index contributed by atoms with van der Waals surface area (Å²) in [7, 11) is 0. The number of hydrogen-bond donors (Lipinski definition) is 3. The highest BCUT2D eigenvalue weighted by atomic mass is 32.2. The number of fused-ring (bicyclic) bond motifs is 1. The first-order valence-electron chi connectivity index (χ1n) is 11.5. The number of hydrogen-bond acceptors (Lipinski definition) is 9. The number of aliphatic hydroxyl groups excluding tert-OH is 1. The van der Waals surface area contributed by atoms with Gasteiger partial charge < -0.3 is 20.9 Å². The quantitative estimate of drug-likeness (QED) is 0.144. The van der Waals surface area contributed by atoms with E-state index >= 15 is 0 Å². The van der Waals surface area contributed by atoms with Crippen LogP contribution >= 0.6 is 23.1 Å². The van der Waals surface area contributed by atoms with Gasteiger partial charge in [-0.3, -0.25) is 0 Å². The van der Waals surface area contributed by atoms with Gasteiger partial charge in [0.25, 0.3) is 0 Å². The Morgan fingerprint density at radius 3 is 2.58 bits per heavy atom. The number of aryl methyl sites for hydroxylation is 1. The molecule has 36 heavy (non-hydrogen) atoms. The number of thioether (sulfide) groups is 1. The van der Waals surface area contributed by atoms with Crippen molar-refractivity contribution in [3.8, 4) is 11.5 Å². The van der Waals surface area contributed by atoms with Crippen LogP contribution in [-0.2, 0) is 12.2 Å². The Bertz CT molecular complexity index is 1460. The van der Waals surface area contributed by atoms with Gasteiger partial charge >= 0.3 is 0 Å². The second kappa shape index (κ2) is 11.4. The summed E-state index contributed by atoms with van der Waals surface area (Å²) in [6.45, 7) is 0.149. The molecule has 9 heteroatoms. The van der Waals surface area contributed by atoms with Gasteiger partial charge in [-0.15, -0.1) is 0 Å². The summed E-state index contributed by atoms with van der Waals surface area (Å²) < 4.78 is 6.78. The van der Waals surface area contributed by atoms with E-state index in [-0.39, 0.29) is 6.61 Å². The molecule has 0 aliphatic rings. The van der Waals surface area contributed by atoms with E-state index in [4.69, 9.17) is 15.5 Å². The van der Waals surface area contributed by atoms with E-state index in [1.807, 2.05) is 66.7 Å². The lowest BCUT2D eigenvalue weighted by Crippen LogP contribution is -2.01. The Balaban J connectivity index is 1.37. The molecule has 182 valence electrons. The van der Waals surface area contributed by atoms with Crippen LogP contribution in [0.25, 0.3) is 10.3 Å². The lowest BCUT2D eigenvalue weighted by atomic mass is 10.1. The zero-order valence-corrected chi connectivity index (χ0v) is 21.1. The Morgan fingerprint density at radius 2 is 1.72 bits per heavy atom. The number of thiazole rings is 1. The molecule has 0 amide bonds. The smallest absolute Gasteiger partial charge is 0.191 e. The number of benzene rings is 3. The van der Waals surface area contributed by atoms with Gasteiger partial charge in [-0.1, -0.05) is 71.6 Å². The molecule has 2 heterocycles.